The predicted octanol–water partition coefficient (Wildman–Crippen LogP) is 3.23. The summed E-state index contributed by atoms with van der Waals surface area (Å²) in [5.41, 5.74) is 14.4. The van der Waals surface area contributed by atoms with Gasteiger partial charge >= 0.3 is 0 Å². The molecular formula is C13H13N2OP. The molecule has 0 fully saturated rings. The van der Waals surface area contributed by atoms with Crippen molar-refractivity contribution < 1.29 is 4.57 Å². The number of hydrogen-bond acceptors (Lipinski definition) is 3. The molecular weight excluding hydrogens is 231 g/mol. The molecule has 0 spiro atoms. The van der Waals surface area contributed by atoms with Gasteiger partial charge < -0.3 is 11.5 Å². The maximum Gasteiger partial charge on any atom is 0.168 e. The number of rotatable bonds is 3. The molecule has 0 aliphatic heterocycles. The lowest BCUT2D eigenvalue weighted by Crippen LogP contribution is -2.02. The Bertz CT molecular complexity index is 497. The van der Waals surface area contributed by atoms with E-state index in [4.69, 9.17) is 11.5 Å². The molecule has 4 N–H and O–H groups in total. The summed E-state index contributed by atoms with van der Waals surface area (Å²) >= 11 is 0. The van der Waals surface area contributed by atoms with E-state index in [1.165, 1.54) is 0 Å². The van der Waals surface area contributed by atoms with Gasteiger partial charge in [0.05, 0.1) is 5.66 Å². The average Bonchev–Trinajstić information content (AvgIpc) is 2.34. The molecule has 0 bridgehead atoms. The highest BCUT2D eigenvalue weighted by molar-refractivity contribution is 7.24. The molecule has 0 unspecified atom stereocenters. The van der Waals surface area contributed by atoms with Crippen LogP contribution in [0, 0.1) is 0 Å². The summed E-state index contributed by atoms with van der Waals surface area (Å²) in [5.74, 6) is 0. The quantitative estimate of drug-likeness (QED) is 0.643. The maximum atomic E-state index is 11.4. The summed E-state index contributed by atoms with van der Waals surface area (Å²) < 4.78 is 11.4. The zero-order chi connectivity index (χ0) is 12.3. The SMILES string of the molecule is Nc1ccccc1C(P=O)c1ccccc1N. The van der Waals surface area contributed by atoms with Gasteiger partial charge in [0.2, 0.25) is 0 Å². The molecule has 0 saturated carbocycles. The van der Waals surface area contributed by atoms with E-state index >= 15 is 0 Å². The van der Waals surface area contributed by atoms with Crippen LogP contribution in [-0.4, -0.2) is 0 Å². The molecule has 2 rings (SSSR count). The van der Waals surface area contributed by atoms with Crippen molar-refractivity contribution in [2.24, 2.45) is 0 Å². The maximum absolute atomic E-state index is 11.4. The zero-order valence-electron chi connectivity index (χ0n) is 9.21. The summed E-state index contributed by atoms with van der Waals surface area (Å²) in [6.45, 7) is 0. The van der Waals surface area contributed by atoms with Crippen molar-refractivity contribution in [1.82, 2.24) is 0 Å². The molecule has 3 nitrogen and oxygen atoms in total. The number of nitrogen functional groups attached to an aromatic ring is 2. The first-order chi connectivity index (χ1) is 8.24. The van der Waals surface area contributed by atoms with Crippen molar-refractivity contribution in [2.45, 2.75) is 5.66 Å². The summed E-state index contributed by atoms with van der Waals surface area (Å²) in [6.07, 6.45) is 0. The van der Waals surface area contributed by atoms with Crippen molar-refractivity contribution in [2.75, 3.05) is 11.5 Å². The van der Waals surface area contributed by atoms with Crippen LogP contribution in [0.3, 0.4) is 0 Å². The van der Waals surface area contributed by atoms with Gasteiger partial charge in [-0.3, -0.25) is 4.57 Å². The molecule has 0 atom stereocenters. The average molecular weight is 244 g/mol. The van der Waals surface area contributed by atoms with Crippen LogP contribution >= 0.6 is 8.46 Å². The summed E-state index contributed by atoms with van der Waals surface area (Å²) in [7, 11) is -0.00951. The second-order valence-corrected chi connectivity index (χ2v) is 4.49. The van der Waals surface area contributed by atoms with Crippen LogP contribution in [0.15, 0.2) is 48.5 Å². The van der Waals surface area contributed by atoms with Gasteiger partial charge in [-0.2, -0.15) is 0 Å². The number of nitrogens with two attached hydrogens (primary N) is 2. The van der Waals surface area contributed by atoms with Crippen molar-refractivity contribution >= 4 is 19.8 Å². The Hall–Kier alpha value is -1.86. The fraction of sp³-hybridized carbons (Fsp3) is 0.0769. The van der Waals surface area contributed by atoms with Gasteiger partial charge in [-0.25, -0.2) is 0 Å². The molecule has 0 amide bonds. The van der Waals surface area contributed by atoms with Gasteiger partial charge in [0.15, 0.2) is 8.46 Å². The molecule has 0 aliphatic carbocycles. The fourth-order valence-corrected chi connectivity index (χ4v) is 2.50. The molecule has 2 aromatic rings. The van der Waals surface area contributed by atoms with Crippen molar-refractivity contribution in [3.63, 3.8) is 0 Å². The van der Waals surface area contributed by atoms with E-state index in [1.54, 1.807) is 12.1 Å². The minimum Gasteiger partial charge on any atom is -0.398 e. The van der Waals surface area contributed by atoms with E-state index in [0.717, 1.165) is 11.1 Å². The Kier molecular flexibility index (Phi) is 3.40. The first-order valence-electron chi connectivity index (χ1n) is 5.25. The van der Waals surface area contributed by atoms with Gasteiger partial charge in [0.25, 0.3) is 0 Å². The van der Waals surface area contributed by atoms with Crippen molar-refractivity contribution in [1.29, 1.82) is 0 Å². The first kappa shape index (κ1) is 11.6. The summed E-state index contributed by atoms with van der Waals surface area (Å²) in [5, 5.41) is 0. The number of para-hydroxylation sites is 2. The number of benzene rings is 2. The standard InChI is InChI=1S/C13H13N2OP/c14-11-7-3-1-5-9(11)13(17-16)10-6-2-4-8-12(10)15/h1-8,13H,14-15H2. The van der Waals surface area contributed by atoms with Crippen LogP contribution in [0.4, 0.5) is 11.4 Å². The summed E-state index contributed by atoms with van der Waals surface area (Å²) in [6, 6.07) is 14.8. The monoisotopic (exact) mass is 244 g/mol. The Balaban J connectivity index is 2.52. The largest absolute Gasteiger partial charge is 0.398 e. The highest BCUT2D eigenvalue weighted by Gasteiger charge is 2.18. The van der Waals surface area contributed by atoms with Gasteiger partial charge in [0.1, 0.15) is 0 Å². The fourth-order valence-electron chi connectivity index (χ4n) is 1.80. The number of hydrogen-bond donors (Lipinski definition) is 2. The van der Waals surface area contributed by atoms with Crippen LogP contribution in [0.25, 0.3) is 0 Å². The molecule has 0 radical (unpaired) electrons. The molecule has 4 heteroatoms. The van der Waals surface area contributed by atoms with Crippen LogP contribution in [0.5, 0.6) is 0 Å². The second-order valence-electron chi connectivity index (χ2n) is 3.77. The minimum absolute atomic E-state index is 0.00951. The molecule has 0 aromatic heterocycles. The molecule has 0 heterocycles. The van der Waals surface area contributed by atoms with Gasteiger partial charge in [-0.05, 0) is 23.3 Å². The van der Waals surface area contributed by atoms with Crippen molar-refractivity contribution in [3.8, 4) is 0 Å². The highest BCUT2D eigenvalue weighted by atomic mass is 31.1. The molecule has 0 saturated heterocycles. The molecule has 86 valence electrons. The number of anilines is 2. The third-order valence-corrected chi connectivity index (χ3v) is 3.45. The lowest BCUT2D eigenvalue weighted by Gasteiger charge is -2.14. The van der Waals surface area contributed by atoms with Crippen LogP contribution in [0.2, 0.25) is 0 Å². The van der Waals surface area contributed by atoms with Crippen molar-refractivity contribution in [3.05, 3.63) is 59.7 Å². The normalized spacial score (nSPS) is 10.9. The van der Waals surface area contributed by atoms with Gasteiger partial charge in [-0.15, -0.1) is 0 Å². The smallest absolute Gasteiger partial charge is 0.168 e. The third kappa shape index (κ3) is 2.29. The van der Waals surface area contributed by atoms with E-state index in [2.05, 4.69) is 0 Å². The third-order valence-electron chi connectivity index (χ3n) is 2.69. The predicted molar refractivity (Wildman–Crippen MR) is 71.2 cm³/mol. The van der Waals surface area contributed by atoms with Crippen LogP contribution in [0.1, 0.15) is 16.8 Å². The lowest BCUT2D eigenvalue weighted by molar-refractivity contribution is 0.595. The Morgan fingerprint density at radius 2 is 1.24 bits per heavy atom. The Morgan fingerprint density at radius 3 is 1.59 bits per heavy atom. The van der Waals surface area contributed by atoms with Gasteiger partial charge in [0, 0.05) is 11.4 Å². The van der Waals surface area contributed by atoms with E-state index < -0.39 is 0 Å². The van der Waals surface area contributed by atoms with E-state index in [0.29, 0.717) is 11.4 Å². The molecule has 2 aromatic carbocycles. The zero-order valence-corrected chi connectivity index (χ0v) is 10.1. The molecule has 17 heavy (non-hydrogen) atoms. The summed E-state index contributed by atoms with van der Waals surface area (Å²) in [4.78, 5) is 0. The molecule has 0 aliphatic rings. The first-order valence-corrected chi connectivity index (χ1v) is 6.13. The topological polar surface area (TPSA) is 69.1 Å². The Morgan fingerprint density at radius 1 is 0.824 bits per heavy atom. The minimum atomic E-state index is -0.308. The lowest BCUT2D eigenvalue weighted by atomic mass is 10.0. The van der Waals surface area contributed by atoms with E-state index in [9.17, 15) is 4.57 Å². The van der Waals surface area contributed by atoms with Crippen LogP contribution < -0.4 is 11.5 Å². The van der Waals surface area contributed by atoms with Crippen LogP contribution in [-0.2, 0) is 4.57 Å². The second kappa shape index (κ2) is 4.98. The Labute approximate surface area is 102 Å². The highest BCUT2D eigenvalue weighted by Crippen LogP contribution is 2.39. The van der Waals surface area contributed by atoms with Gasteiger partial charge in [-0.1, -0.05) is 36.4 Å². The van der Waals surface area contributed by atoms with E-state index in [1.807, 2.05) is 36.4 Å². The van der Waals surface area contributed by atoms with E-state index in [-0.39, 0.29) is 14.1 Å².